The fourth-order valence-corrected chi connectivity index (χ4v) is 14.0. The summed E-state index contributed by atoms with van der Waals surface area (Å²) in [7, 11) is -8.47. The summed E-state index contributed by atoms with van der Waals surface area (Å²) < 4.78 is 80.3. The summed E-state index contributed by atoms with van der Waals surface area (Å²) in [5.41, 5.74) is 19.3. The number of ether oxygens (including phenoxy) is 6. The fourth-order valence-electron chi connectivity index (χ4n) is 12.2. The molecule has 0 saturated carbocycles. The molecule has 2 aromatic rings. The second-order valence-electron chi connectivity index (χ2n) is 27.6. The molecule has 6 aliphatic heterocycles. The molecule has 36 N–H and O–H groups in total. The molecule has 6 saturated heterocycles. The number of anilines is 2. The smallest absolute Gasteiger partial charge is 0.756 e. The van der Waals surface area contributed by atoms with Gasteiger partial charge in [0.2, 0.25) is 47.9 Å². The fraction of sp³-hybridized carbons (Fsp3) is 0.734. The summed E-state index contributed by atoms with van der Waals surface area (Å²) in [5, 5.41) is 252. The molecule has 6 aliphatic rings. The van der Waals surface area contributed by atoms with E-state index in [0.29, 0.717) is 6.41 Å². The molecule has 0 spiro atoms. The molecule has 6 fully saturated rings. The van der Waals surface area contributed by atoms with Gasteiger partial charge in [-0.3, -0.25) is 56.0 Å². The maximum atomic E-state index is 12.7. The van der Waals surface area contributed by atoms with E-state index in [1.807, 2.05) is 30.7 Å². The van der Waals surface area contributed by atoms with Gasteiger partial charge >= 0.3 is 159 Å². The van der Waals surface area contributed by atoms with Crippen molar-refractivity contribution >= 4 is 108 Å². The predicted molar refractivity (Wildman–Crippen MR) is 422 cm³/mol. The molecule has 762 valence electrons. The van der Waals surface area contributed by atoms with Crippen LogP contribution >= 0.6 is 41.3 Å². The van der Waals surface area contributed by atoms with E-state index in [-0.39, 0.29) is 172 Å². The molecule has 27 unspecified atom stereocenters. The van der Waals surface area contributed by atoms with Crippen LogP contribution in [0.25, 0.3) is 0 Å². The van der Waals surface area contributed by atoms with Crippen LogP contribution in [0.5, 0.6) is 0 Å². The van der Waals surface area contributed by atoms with E-state index < -0.39 is 323 Å². The van der Waals surface area contributed by atoms with Crippen LogP contribution in [-0.4, -0.2) is 431 Å². The van der Waals surface area contributed by atoms with Gasteiger partial charge < -0.3 is 243 Å². The number of nitrogens with one attached hydrogen (secondary N) is 7. The first-order valence-corrected chi connectivity index (χ1v) is 41.8. The number of carbonyl (C=O) groups is 9. The van der Waals surface area contributed by atoms with Crippen molar-refractivity contribution in [3.05, 3.63) is 45.5 Å². The SMILES string of the molecule is C=O.CC.CNCC(=O)NC1C(O)CC(O)(C(=O)[O-])OC1[C@H](O)[C@H](O)CO.CNS.NC1C(O)OC(CO)C(O)C1O.NCC(=O)NC1C(O)CC(OP(=O)([O-])OCC2OC(n3ccc(N)nc3=O)C(O)C2O)(C(=O)[O-])OC1[C@H](O)[C@H](O)CO.Nc1ccn(C2OC(COP(=O)([O-])OC3(C(=O)[O-])CC(O)C(NC(=O)CNC=O)C([C@H](O)[C@H](O)CO)O3)C(O)C2O)c(=O)n1.O=CNS.[Na+].[Na+].[Na+].[Na+].[Na+]. The first kappa shape index (κ1) is 143. The van der Waals surface area contributed by atoms with Gasteiger partial charge in [-0.2, -0.15) is 9.97 Å². The van der Waals surface area contributed by atoms with Crippen molar-refractivity contribution < 1.29 is 379 Å². The monoisotopic (exact) mass is 2110 g/mol. The summed E-state index contributed by atoms with van der Waals surface area (Å²) in [5.74, 6) is -19.5. The summed E-state index contributed by atoms with van der Waals surface area (Å²) in [6.07, 6.45) is -43.1. The molecule has 33 atom stereocenters. The second kappa shape index (κ2) is 68.8. The maximum absolute atomic E-state index is 12.7. The zero-order valence-corrected chi connectivity index (χ0v) is 88.1. The van der Waals surface area contributed by atoms with Crippen molar-refractivity contribution in [3.63, 3.8) is 0 Å². The number of hydrogen-bond donors (Lipinski definition) is 34. The summed E-state index contributed by atoms with van der Waals surface area (Å²) in [6, 6.07) is -3.46. The molecular weight excluding hydrogens is 2000 g/mol. The first-order valence-electron chi connectivity index (χ1n) is 38.0. The Balaban J connectivity index is -0.000000575. The Kier molecular flexibility index (Phi) is 71.8. The number of aromatic nitrogens is 4. The number of amides is 5. The van der Waals surface area contributed by atoms with Crippen molar-refractivity contribution in [3.8, 4) is 0 Å². The third kappa shape index (κ3) is 42.3. The number of likely N-dealkylation sites (N-methyl/N-ethyl adjacent to an activating group) is 1. The zero-order valence-electron chi connectivity index (χ0n) is 74.5. The Hall–Kier alpha value is -2.53. The standard InChI is InChI=1S/C21H32N5O17P.C20H32N5O16P.C12H22N2O9.C6H13NO5.C2H6.CH3NOS.CH5NS.CH2O.5Na/c22-11-1-2-26(20(37)24-11)18-16(34)15(33)10(41-18)6-40-44(38,39)43-21(19(35)36)3-8(29)13(25-12(31)4-23-7-28)17(42-21)14(32)9(30)5-27;21-4-11(29)24-12-7(27)3-20(18(33)34,40-16(12)13(30)8(28)5-26)41-42(36,37)38-6-9-14(31)15(32)17(39-9)25-2-1-10(22)23-19(25)35;1-13-3-7(18)14-8-5(16)2-12(22,11(20)21)23-10(8)9(19)6(17)4-15;7-3-5(10)4(9)2(1-8)12-6(3)11;1-2;3-1-2-4;1-2-3;1-2;;;;;/h1-2,7-10,13-18,27,29-30,32-34H,3-6H2,(H,23,28)(H,25,31)(H,35,36)(H,38,39)(H2,22,24,37);1-2,7-9,12-17,26-28,30-32H,3-6,21H2,(H,24,29)(H,33,34)(H,36,37)(H2,22,23,35);5-6,8-10,13,15-17,19,22H,2-4H2,1H3,(H,14,18)(H,20,21);2-6,8-11H,1,7H2;1-2H3;1,4H,(H,2,3);2-3H,1H3;1H2;;;;;/q;;;;;;;;5*+1/p-5/t8?,9-,10?,13?,14-,15?,16?,17?,18?,21?;7?,8-,9?,12?,13-,14?,15?,16?,17?,20?;5?,6-,8?,9-,10?,12?;;;;;;;;;;/m111........../s1. The van der Waals surface area contributed by atoms with Crippen molar-refractivity contribution in [2.45, 2.75) is 222 Å². The largest absolute Gasteiger partial charge is 1.00 e. The van der Waals surface area contributed by atoms with Crippen molar-refractivity contribution in [2.24, 2.45) is 11.5 Å². The molecule has 64 nitrogen and oxygen atoms in total. The van der Waals surface area contributed by atoms with E-state index in [1.54, 1.807) is 7.05 Å². The van der Waals surface area contributed by atoms with Crippen LogP contribution in [0.2, 0.25) is 0 Å². The van der Waals surface area contributed by atoms with Gasteiger partial charge in [-0.25, -0.2) is 9.59 Å². The van der Waals surface area contributed by atoms with Gasteiger partial charge in [0.1, 0.15) is 146 Å². The van der Waals surface area contributed by atoms with Gasteiger partial charge in [-0.05, 0) is 26.2 Å². The van der Waals surface area contributed by atoms with Crippen molar-refractivity contribution in [1.29, 1.82) is 0 Å². The molecular formula is C64H110N15Na5O49P2S2. The van der Waals surface area contributed by atoms with E-state index >= 15 is 0 Å². The number of hydrogen-bond acceptors (Lipinski definition) is 59. The van der Waals surface area contributed by atoms with Crippen LogP contribution < -0.4 is 243 Å². The number of phosphoric acid groups is 2. The predicted octanol–water partition coefficient (Wildman–Crippen LogP) is -40.6. The zero-order chi connectivity index (χ0) is 102. The normalized spacial score (nSPS) is 31.5. The Morgan fingerprint density at radius 2 is 0.891 bits per heavy atom. The molecule has 8 heterocycles. The minimum atomic E-state index is -5.87. The minimum absolute atomic E-state index is 0. The number of rotatable bonds is 35. The van der Waals surface area contributed by atoms with Crippen molar-refractivity contribution in [1.82, 2.24) is 55.1 Å². The summed E-state index contributed by atoms with van der Waals surface area (Å²) in [6.45, 7) is -1.27. The van der Waals surface area contributed by atoms with Crippen LogP contribution in [0.15, 0.2) is 34.1 Å². The van der Waals surface area contributed by atoms with Gasteiger partial charge in [-0.15, -0.1) is 0 Å². The van der Waals surface area contributed by atoms with Crippen LogP contribution in [0.4, 0.5) is 11.6 Å². The quantitative estimate of drug-likeness (QED) is 0.0132. The Bertz CT molecular complexity index is 4150. The summed E-state index contributed by atoms with van der Waals surface area (Å²) in [4.78, 5) is 155. The number of nitrogens with zero attached hydrogens (tertiary/aromatic N) is 4. The van der Waals surface area contributed by atoms with Crippen LogP contribution in [0, 0.1) is 0 Å². The topological polar surface area (TPSA) is 1080 Å². The molecule has 73 heteroatoms. The summed E-state index contributed by atoms with van der Waals surface area (Å²) >= 11 is 6.84. The Labute approximate surface area is 897 Å². The number of thiol groups is 2. The van der Waals surface area contributed by atoms with Crippen LogP contribution in [0.1, 0.15) is 45.6 Å². The number of carboxylic acids is 3. The van der Waals surface area contributed by atoms with E-state index in [0.717, 1.165) is 21.5 Å². The third-order valence-electron chi connectivity index (χ3n) is 18.5. The number of aliphatic carboxylic acids is 3. The van der Waals surface area contributed by atoms with E-state index in [9.17, 15) is 169 Å². The second-order valence-corrected chi connectivity index (χ2v) is 30.9. The first-order chi connectivity index (χ1) is 61.7. The van der Waals surface area contributed by atoms with Gasteiger partial charge in [-0.1, -0.05) is 39.5 Å². The molecule has 2 aromatic heterocycles. The van der Waals surface area contributed by atoms with Crippen LogP contribution in [-0.2, 0) is 98.8 Å². The molecule has 0 bridgehead atoms. The number of carboxylic acid groups (broad SMARTS) is 3. The van der Waals surface area contributed by atoms with Crippen LogP contribution in [0.3, 0.4) is 0 Å². The Morgan fingerprint density at radius 1 is 0.562 bits per heavy atom. The molecule has 0 radical (unpaired) electrons. The van der Waals surface area contributed by atoms with E-state index in [1.165, 1.54) is 19.2 Å². The molecule has 0 aromatic carbocycles. The number of aliphatic hydroxyl groups excluding tert-OH is 20. The van der Waals surface area contributed by atoms with E-state index in [4.69, 9.17) is 76.3 Å². The van der Waals surface area contributed by atoms with Gasteiger partial charge in [0.25, 0.3) is 15.6 Å². The van der Waals surface area contributed by atoms with Gasteiger partial charge in [0, 0.05) is 31.7 Å². The Morgan fingerprint density at radius 3 is 1.19 bits per heavy atom. The van der Waals surface area contributed by atoms with E-state index in [2.05, 4.69) is 79.7 Å². The maximum Gasteiger partial charge on any atom is 1.00 e. The number of phosphoric ester groups is 2. The number of nitrogen functional groups attached to an aromatic ring is 2. The minimum Gasteiger partial charge on any atom is -0.756 e. The van der Waals surface area contributed by atoms with Crippen molar-refractivity contribution in [2.75, 3.05) is 84.8 Å². The molecule has 0 aliphatic carbocycles. The number of nitrogens with two attached hydrogens (primary N) is 4. The average Bonchev–Trinajstić information content (AvgIpc) is 1.67. The molecule has 137 heavy (non-hydrogen) atoms. The molecule has 8 rings (SSSR count). The van der Waals surface area contributed by atoms with Gasteiger partial charge in [0.05, 0.1) is 102 Å². The number of aliphatic hydroxyl groups is 21. The third-order valence-corrected chi connectivity index (χ3v) is 20.6. The molecule has 5 amide bonds. The number of carbonyl (C=O) groups excluding carboxylic acids is 9. The van der Waals surface area contributed by atoms with Gasteiger partial charge in [0.15, 0.2) is 18.7 Å². The average molecular weight is 2110 g/mol.